The number of esters is 1. The Hall–Kier alpha value is -2.04. The molecule has 26 heavy (non-hydrogen) atoms. The zero-order valence-electron chi connectivity index (χ0n) is 14.2. The fraction of sp³-hybridized carbons (Fsp3) is 0.500. The minimum atomic E-state index is -3.68. The molecule has 0 radical (unpaired) electrons. The normalized spacial score (nSPS) is 25.7. The van der Waals surface area contributed by atoms with Crippen molar-refractivity contribution in [2.45, 2.75) is 4.90 Å². The van der Waals surface area contributed by atoms with Crippen molar-refractivity contribution < 1.29 is 27.1 Å². The van der Waals surface area contributed by atoms with Gasteiger partial charge in [-0.15, -0.1) is 0 Å². The Morgan fingerprint density at radius 3 is 2.62 bits per heavy atom. The monoisotopic (exact) mass is 385 g/mol. The highest BCUT2D eigenvalue weighted by Gasteiger charge is 2.62. The van der Waals surface area contributed by atoms with E-state index in [9.17, 15) is 17.6 Å². The molecule has 2 N–H and O–H groups in total. The van der Waals surface area contributed by atoms with E-state index in [2.05, 4.69) is 4.98 Å². The third-order valence-corrected chi connectivity index (χ3v) is 6.62. The third-order valence-electron chi connectivity index (χ3n) is 4.80. The number of hydrogen-bond donors (Lipinski definition) is 1. The fourth-order valence-corrected chi connectivity index (χ4v) is 4.69. The molecular weight excluding hydrogens is 365 g/mol. The number of nitrogens with two attached hydrogens (primary N) is 1. The van der Waals surface area contributed by atoms with Crippen LogP contribution in [0.2, 0.25) is 0 Å². The summed E-state index contributed by atoms with van der Waals surface area (Å²) in [6.07, 6.45) is 1.58. The van der Waals surface area contributed by atoms with Gasteiger partial charge in [-0.3, -0.25) is 4.79 Å². The lowest BCUT2D eigenvalue weighted by Crippen LogP contribution is -2.32. The highest BCUT2D eigenvalue weighted by molar-refractivity contribution is 7.89. The first-order valence-electron chi connectivity index (χ1n) is 8.07. The Labute approximate surface area is 150 Å². The SMILES string of the molecule is COC(=O)C1[C@H]2CN(S(=O)(=O)c3ccc(OC/C(=C\F)CN)nc3)C[C@@H]12. The number of aromatic nitrogens is 1. The third kappa shape index (κ3) is 3.44. The largest absolute Gasteiger partial charge is 0.473 e. The average molecular weight is 385 g/mol. The maximum atomic E-state index is 12.7. The molecule has 3 atom stereocenters. The van der Waals surface area contributed by atoms with Crippen molar-refractivity contribution in [1.29, 1.82) is 0 Å². The molecule has 142 valence electrons. The van der Waals surface area contributed by atoms with Crippen LogP contribution in [0.15, 0.2) is 35.1 Å². The number of pyridine rings is 1. The van der Waals surface area contributed by atoms with E-state index in [-0.39, 0.29) is 53.2 Å². The second-order valence-electron chi connectivity index (χ2n) is 6.29. The van der Waals surface area contributed by atoms with Crippen LogP contribution >= 0.6 is 0 Å². The molecule has 3 rings (SSSR count). The molecule has 1 aliphatic heterocycles. The van der Waals surface area contributed by atoms with E-state index < -0.39 is 10.0 Å². The zero-order valence-corrected chi connectivity index (χ0v) is 15.0. The second-order valence-corrected chi connectivity index (χ2v) is 8.23. The summed E-state index contributed by atoms with van der Waals surface area (Å²) in [5.41, 5.74) is 5.59. The van der Waals surface area contributed by atoms with Gasteiger partial charge in [0.1, 0.15) is 11.5 Å². The summed E-state index contributed by atoms with van der Waals surface area (Å²) >= 11 is 0. The molecule has 1 saturated carbocycles. The molecule has 1 aliphatic carbocycles. The van der Waals surface area contributed by atoms with E-state index in [4.69, 9.17) is 15.2 Å². The number of carbonyl (C=O) groups excluding carboxylic acids is 1. The molecule has 0 amide bonds. The number of sulfonamides is 1. The quantitative estimate of drug-likeness (QED) is 0.672. The summed E-state index contributed by atoms with van der Waals surface area (Å²) in [6.45, 7) is 0.557. The fourth-order valence-electron chi connectivity index (χ4n) is 3.23. The molecule has 1 aromatic heterocycles. The van der Waals surface area contributed by atoms with Gasteiger partial charge in [-0.1, -0.05) is 0 Å². The summed E-state index contributed by atoms with van der Waals surface area (Å²) in [4.78, 5) is 15.5. The Balaban J connectivity index is 1.62. The molecular formula is C16H20FN3O5S. The van der Waals surface area contributed by atoms with E-state index in [1.54, 1.807) is 0 Å². The van der Waals surface area contributed by atoms with Gasteiger partial charge < -0.3 is 15.2 Å². The Bertz CT molecular complexity index is 800. The Morgan fingerprint density at radius 2 is 2.12 bits per heavy atom. The molecule has 0 spiro atoms. The van der Waals surface area contributed by atoms with E-state index in [0.29, 0.717) is 19.4 Å². The number of carbonyl (C=O) groups is 1. The number of methoxy groups -OCH3 is 1. The van der Waals surface area contributed by atoms with E-state index in [1.807, 2.05) is 0 Å². The van der Waals surface area contributed by atoms with Gasteiger partial charge in [-0.2, -0.15) is 4.31 Å². The highest BCUT2D eigenvalue weighted by Crippen LogP contribution is 2.53. The molecule has 10 heteroatoms. The molecule has 2 aliphatic rings. The molecule has 8 nitrogen and oxygen atoms in total. The number of nitrogens with zero attached hydrogens (tertiary/aromatic N) is 2. The van der Waals surface area contributed by atoms with Crippen molar-refractivity contribution in [3.8, 4) is 5.88 Å². The molecule has 1 unspecified atom stereocenters. The van der Waals surface area contributed by atoms with E-state index >= 15 is 0 Å². The molecule has 0 bridgehead atoms. The van der Waals surface area contributed by atoms with Crippen molar-refractivity contribution in [2.24, 2.45) is 23.5 Å². The topological polar surface area (TPSA) is 112 Å². The van der Waals surface area contributed by atoms with Gasteiger partial charge >= 0.3 is 5.97 Å². The maximum absolute atomic E-state index is 12.7. The van der Waals surface area contributed by atoms with Gasteiger partial charge in [0.25, 0.3) is 0 Å². The Morgan fingerprint density at radius 1 is 1.42 bits per heavy atom. The number of ether oxygens (including phenoxy) is 2. The molecule has 0 aromatic carbocycles. The van der Waals surface area contributed by atoms with Crippen LogP contribution in [-0.2, 0) is 19.6 Å². The smallest absolute Gasteiger partial charge is 0.309 e. The average Bonchev–Trinajstić information content (AvgIpc) is 3.15. The van der Waals surface area contributed by atoms with Gasteiger partial charge in [-0.05, 0) is 17.9 Å². The first kappa shape index (κ1) is 18.7. The van der Waals surface area contributed by atoms with Crippen molar-refractivity contribution in [3.63, 3.8) is 0 Å². The predicted octanol–water partition coefficient (Wildman–Crippen LogP) is 0.312. The maximum Gasteiger partial charge on any atom is 0.309 e. The summed E-state index contributed by atoms with van der Waals surface area (Å²) in [5.74, 6) is -0.253. The highest BCUT2D eigenvalue weighted by atomic mass is 32.2. The Kier molecular flexibility index (Phi) is 5.26. The van der Waals surface area contributed by atoms with Gasteiger partial charge in [0.2, 0.25) is 15.9 Å². The van der Waals surface area contributed by atoms with Gasteiger partial charge in [0.15, 0.2) is 0 Å². The van der Waals surface area contributed by atoms with Gasteiger partial charge in [0.05, 0.1) is 25.6 Å². The molecule has 2 fully saturated rings. The van der Waals surface area contributed by atoms with Crippen LogP contribution in [0.3, 0.4) is 0 Å². The van der Waals surface area contributed by atoms with Crippen LogP contribution in [0, 0.1) is 17.8 Å². The molecule has 1 aromatic rings. The van der Waals surface area contributed by atoms with E-state index in [0.717, 1.165) is 0 Å². The van der Waals surface area contributed by atoms with Crippen molar-refractivity contribution >= 4 is 16.0 Å². The van der Waals surface area contributed by atoms with Crippen LogP contribution in [0.25, 0.3) is 0 Å². The predicted molar refractivity (Wildman–Crippen MR) is 89.2 cm³/mol. The first-order chi connectivity index (χ1) is 12.4. The summed E-state index contributed by atoms with van der Waals surface area (Å²) in [5, 5.41) is 0. The molecule has 1 saturated heterocycles. The first-order valence-corrected chi connectivity index (χ1v) is 9.51. The standard InChI is InChI=1S/C16H20FN3O5S/c1-24-16(21)15-12-7-20(8-13(12)15)26(22,23)11-2-3-14(19-6-11)25-9-10(4-17)5-18/h2-4,6,12-13,15H,5,7-9,18H2,1H3/b10-4-/t12-,13+,15?. The van der Waals surface area contributed by atoms with Gasteiger partial charge in [0, 0.05) is 31.3 Å². The van der Waals surface area contributed by atoms with Crippen LogP contribution in [0.1, 0.15) is 0 Å². The van der Waals surface area contributed by atoms with Crippen molar-refractivity contribution in [3.05, 3.63) is 30.2 Å². The van der Waals surface area contributed by atoms with Crippen molar-refractivity contribution in [2.75, 3.05) is 33.4 Å². The number of hydrogen-bond acceptors (Lipinski definition) is 7. The molecule has 2 heterocycles. The zero-order chi connectivity index (χ0) is 18.9. The minimum absolute atomic E-state index is 0.0207. The second kappa shape index (κ2) is 7.29. The lowest BCUT2D eigenvalue weighted by Gasteiger charge is -2.19. The van der Waals surface area contributed by atoms with Crippen LogP contribution in [0.4, 0.5) is 4.39 Å². The van der Waals surface area contributed by atoms with E-state index in [1.165, 1.54) is 29.7 Å². The summed E-state index contributed by atoms with van der Waals surface area (Å²) in [6, 6.07) is 2.80. The summed E-state index contributed by atoms with van der Waals surface area (Å²) < 4.78 is 49.1. The van der Waals surface area contributed by atoms with Crippen LogP contribution in [0.5, 0.6) is 5.88 Å². The van der Waals surface area contributed by atoms with Crippen LogP contribution < -0.4 is 10.5 Å². The number of piperidine rings is 1. The van der Waals surface area contributed by atoms with Crippen molar-refractivity contribution in [1.82, 2.24) is 9.29 Å². The lowest BCUT2D eigenvalue weighted by atomic mass is 10.3. The minimum Gasteiger partial charge on any atom is -0.473 e. The van der Waals surface area contributed by atoms with Gasteiger partial charge in [-0.25, -0.2) is 17.8 Å². The van der Waals surface area contributed by atoms with Crippen LogP contribution in [-0.4, -0.2) is 57.0 Å². The number of halogens is 1. The number of rotatable bonds is 7. The number of fused-ring (bicyclic) bond motifs is 1. The lowest BCUT2D eigenvalue weighted by molar-refractivity contribution is -0.143. The summed E-state index contributed by atoms with van der Waals surface area (Å²) in [7, 11) is -2.35.